The fourth-order valence-electron chi connectivity index (χ4n) is 2.12. The summed E-state index contributed by atoms with van der Waals surface area (Å²) in [7, 11) is 0. The van der Waals surface area contributed by atoms with E-state index in [1.54, 1.807) is 31.2 Å². The lowest BCUT2D eigenvalue weighted by atomic mass is 10.2. The molecule has 0 aliphatic carbocycles. The Balaban J connectivity index is 1.74. The van der Waals surface area contributed by atoms with Crippen molar-refractivity contribution in [1.29, 1.82) is 0 Å². The number of carbonyl (C=O) groups is 2. The molecule has 0 aromatic heterocycles. The first-order valence-corrected chi connectivity index (χ1v) is 8.37. The van der Waals surface area contributed by atoms with Crippen LogP contribution in [0.5, 0.6) is 5.75 Å². The Morgan fingerprint density at radius 1 is 1.12 bits per heavy atom. The first-order valence-electron chi connectivity index (χ1n) is 8.00. The summed E-state index contributed by atoms with van der Waals surface area (Å²) < 4.78 is 5.54. The summed E-state index contributed by atoms with van der Waals surface area (Å²) in [6, 6.07) is 13.7. The maximum Gasteiger partial charge on any atom is 0.253 e. The van der Waals surface area contributed by atoms with Crippen LogP contribution in [-0.4, -0.2) is 31.0 Å². The van der Waals surface area contributed by atoms with Gasteiger partial charge in [-0.25, -0.2) is 0 Å². The van der Waals surface area contributed by atoms with E-state index in [9.17, 15) is 9.59 Å². The van der Waals surface area contributed by atoms with Crippen LogP contribution in [0.1, 0.15) is 22.8 Å². The molecule has 0 fully saturated rings. The summed E-state index contributed by atoms with van der Waals surface area (Å²) >= 11 is 5.97. The molecule has 0 saturated carbocycles. The Labute approximate surface area is 152 Å². The molecule has 0 radical (unpaired) electrons. The van der Waals surface area contributed by atoms with Crippen molar-refractivity contribution >= 4 is 23.4 Å². The number of halogens is 1. The van der Waals surface area contributed by atoms with Gasteiger partial charge in [-0.1, -0.05) is 41.4 Å². The molecule has 0 heterocycles. The van der Waals surface area contributed by atoms with E-state index < -0.39 is 6.04 Å². The topological polar surface area (TPSA) is 67.4 Å². The molecule has 6 heteroatoms. The van der Waals surface area contributed by atoms with Gasteiger partial charge in [-0.2, -0.15) is 0 Å². The molecule has 0 spiro atoms. The van der Waals surface area contributed by atoms with Gasteiger partial charge in [0.2, 0.25) is 5.91 Å². The van der Waals surface area contributed by atoms with E-state index in [4.69, 9.17) is 16.3 Å². The van der Waals surface area contributed by atoms with Crippen molar-refractivity contribution in [3.05, 3.63) is 64.7 Å². The van der Waals surface area contributed by atoms with Crippen molar-refractivity contribution < 1.29 is 14.3 Å². The summed E-state index contributed by atoms with van der Waals surface area (Å²) in [6.45, 7) is 4.31. The number of aryl methyl sites for hydroxylation is 1. The summed E-state index contributed by atoms with van der Waals surface area (Å²) in [5.74, 6) is 0.0805. The minimum atomic E-state index is -0.678. The summed E-state index contributed by atoms with van der Waals surface area (Å²) in [5.41, 5.74) is 1.50. The minimum Gasteiger partial charge on any atom is -0.492 e. The van der Waals surface area contributed by atoms with Crippen LogP contribution in [0.15, 0.2) is 48.5 Å². The van der Waals surface area contributed by atoms with Gasteiger partial charge in [-0.05, 0) is 38.1 Å². The van der Waals surface area contributed by atoms with E-state index in [1.165, 1.54) is 0 Å². The Morgan fingerprint density at radius 2 is 1.80 bits per heavy atom. The van der Waals surface area contributed by atoms with E-state index in [0.29, 0.717) is 23.7 Å². The second-order valence-corrected chi connectivity index (χ2v) is 6.03. The van der Waals surface area contributed by atoms with Gasteiger partial charge in [0.05, 0.1) is 17.1 Å². The third-order valence-electron chi connectivity index (χ3n) is 3.55. The van der Waals surface area contributed by atoms with Gasteiger partial charge >= 0.3 is 0 Å². The first kappa shape index (κ1) is 18.8. The molecule has 2 N–H and O–H groups in total. The van der Waals surface area contributed by atoms with Crippen molar-refractivity contribution in [3.8, 4) is 5.75 Å². The molecule has 0 aliphatic rings. The molecule has 132 valence electrons. The Hall–Kier alpha value is -2.53. The number of hydrogen-bond donors (Lipinski definition) is 2. The van der Waals surface area contributed by atoms with Gasteiger partial charge in [-0.15, -0.1) is 0 Å². The highest BCUT2D eigenvalue weighted by molar-refractivity contribution is 6.33. The van der Waals surface area contributed by atoms with Gasteiger partial charge in [0.25, 0.3) is 5.91 Å². The zero-order valence-electron chi connectivity index (χ0n) is 14.2. The Kier molecular flexibility index (Phi) is 6.83. The highest BCUT2D eigenvalue weighted by Crippen LogP contribution is 2.14. The third-order valence-corrected chi connectivity index (χ3v) is 3.88. The van der Waals surface area contributed by atoms with Crippen LogP contribution in [0.4, 0.5) is 0 Å². The van der Waals surface area contributed by atoms with E-state index in [-0.39, 0.29) is 11.8 Å². The number of amides is 2. The maximum absolute atomic E-state index is 12.1. The number of hydrogen-bond acceptors (Lipinski definition) is 3. The quantitative estimate of drug-likeness (QED) is 0.746. The normalized spacial score (nSPS) is 11.5. The molecule has 2 rings (SSSR count). The number of rotatable bonds is 7. The van der Waals surface area contributed by atoms with Crippen molar-refractivity contribution in [3.63, 3.8) is 0 Å². The number of nitrogens with one attached hydrogen (secondary N) is 2. The van der Waals surface area contributed by atoms with E-state index in [2.05, 4.69) is 10.6 Å². The van der Waals surface area contributed by atoms with Crippen LogP contribution in [0, 0.1) is 6.92 Å². The van der Waals surface area contributed by atoms with Gasteiger partial charge in [0, 0.05) is 0 Å². The van der Waals surface area contributed by atoms with Crippen LogP contribution in [0.2, 0.25) is 5.02 Å². The summed E-state index contributed by atoms with van der Waals surface area (Å²) in [4.78, 5) is 24.2. The largest absolute Gasteiger partial charge is 0.492 e. The Morgan fingerprint density at radius 3 is 2.48 bits per heavy atom. The Bertz CT molecular complexity index is 732. The lowest BCUT2D eigenvalue weighted by Gasteiger charge is -2.15. The SMILES string of the molecule is Cc1ccc(OCCNC(=O)C(C)NC(=O)c2ccccc2Cl)cc1. The number of benzene rings is 2. The van der Waals surface area contributed by atoms with Gasteiger partial charge in [0.1, 0.15) is 18.4 Å². The van der Waals surface area contributed by atoms with Crippen LogP contribution >= 0.6 is 11.6 Å². The molecule has 0 saturated heterocycles. The third kappa shape index (κ3) is 5.80. The van der Waals surface area contributed by atoms with Crippen LogP contribution in [-0.2, 0) is 4.79 Å². The molecular weight excluding hydrogens is 340 g/mol. The summed E-state index contributed by atoms with van der Waals surface area (Å²) in [5, 5.41) is 5.70. The zero-order chi connectivity index (χ0) is 18.2. The summed E-state index contributed by atoms with van der Waals surface area (Å²) in [6.07, 6.45) is 0. The second kappa shape index (κ2) is 9.08. The molecule has 2 aromatic rings. The fourth-order valence-corrected chi connectivity index (χ4v) is 2.34. The molecule has 25 heavy (non-hydrogen) atoms. The van der Waals surface area contributed by atoms with Gasteiger partial charge in [-0.3, -0.25) is 9.59 Å². The number of carbonyl (C=O) groups excluding carboxylic acids is 2. The van der Waals surface area contributed by atoms with Crippen LogP contribution in [0.3, 0.4) is 0 Å². The van der Waals surface area contributed by atoms with Gasteiger partial charge < -0.3 is 15.4 Å². The maximum atomic E-state index is 12.1. The molecule has 1 atom stereocenters. The van der Waals surface area contributed by atoms with Crippen molar-refractivity contribution in [1.82, 2.24) is 10.6 Å². The lowest BCUT2D eigenvalue weighted by molar-refractivity contribution is -0.122. The van der Waals surface area contributed by atoms with Crippen molar-refractivity contribution in [2.75, 3.05) is 13.2 Å². The average molecular weight is 361 g/mol. The molecule has 2 aromatic carbocycles. The number of ether oxygens (including phenoxy) is 1. The van der Waals surface area contributed by atoms with Crippen LogP contribution < -0.4 is 15.4 Å². The highest BCUT2D eigenvalue weighted by atomic mass is 35.5. The lowest BCUT2D eigenvalue weighted by Crippen LogP contribution is -2.45. The molecule has 1 unspecified atom stereocenters. The van der Waals surface area contributed by atoms with E-state index >= 15 is 0 Å². The first-order chi connectivity index (χ1) is 12.0. The van der Waals surface area contributed by atoms with E-state index in [0.717, 1.165) is 11.3 Å². The molecule has 0 aliphatic heterocycles. The van der Waals surface area contributed by atoms with Gasteiger partial charge in [0.15, 0.2) is 0 Å². The zero-order valence-corrected chi connectivity index (χ0v) is 15.0. The monoisotopic (exact) mass is 360 g/mol. The fraction of sp³-hybridized carbons (Fsp3) is 0.263. The average Bonchev–Trinajstić information content (AvgIpc) is 2.60. The molecule has 5 nitrogen and oxygen atoms in total. The smallest absolute Gasteiger partial charge is 0.253 e. The second-order valence-electron chi connectivity index (χ2n) is 5.63. The molecule has 0 bridgehead atoms. The van der Waals surface area contributed by atoms with Crippen LogP contribution in [0.25, 0.3) is 0 Å². The molecule has 2 amide bonds. The van der Waals surface area contributed by atoms with Crippen molar-refractivity contribution in [2.45, 2.75) is 19.9 Å². The highest BCUT2D eigenvalue weighted by Gasteiger charge is 2.17. The minimum absolute atomic E-state index is 0.284. The molecular formula is C19H21ClN2O3. The predicted molar refractivity (Wildman–Crippen MR) is 98.1 cm³/mol. The van der Waals surface area contributed by atoms with E-state index in [1.807, 2.05) is 31.2 Å². The standard InChI is InChI=1S/C19H21ClN2O3/c1-13-7-9-15(10-8-13)25-12-11-21-18(23)14(2)22-19(24)16-5-3-4-6-17(16)20/h3-10,14H,11-12H2,1-2H3,(H,21,23)(H,22,24). The van der Waals surface area contributed by atoms with Crippen molar-refractivity contribution in [2.24, 2.45) is 0 Å². The predicted octanol–water partition coefficient (Wildman–Crippen LogP) is 2.96.